The van der Waals surface area contributed by atoms with Crippen LogP contribution in [0.15, 0.2) is 17.7 Å². The molecule has 210 valence electrons. The number of aldehydes is 1. The number of hydrogen-bond acceptors (Lipinski definition) is 7. The number of aliphatic hydroxyl groups excluding tert-OH is 3. The quantitative estimate of drug-likeness (QED) is 0.0678. The Morgan fingerprint density at radius 2 is 1.92 bits per heavy atom. The number of epoxide rings is 1. The second kappa shape index (κ2) is 15.4. The molecule has 1 aromatic carbocycles. The smallest absolute Gasteiger partial charge is 0.175 e. The number of halogens is 1. The summed E-state index contributed by atoms with van der Waals surface area (Å²) >= 11 is 2.23. The normalized spacial score (nSPS) is 21.1. The highest BCUT2D eigenvalue weighted by Gasteiger charge is 2.60. The van der Waals surface area contributed by atoms with Gasteiger partial charge in [0.1, 0.15) is 18.1 Å². The van der Waals surface area contributed by atoms with Crippen molar-refractivity contribution in [2.24, 2.45) is 5.92 Å². The molecule has 4 atom stereocenters. The van der Waals surface area contributed by atoms with Gasteiger partial charge in [-0.05, 0) is 77.5 Å². The summed E-state index contributed by atoms with van der Waals surface area (Å²) in [5.74, 6) is 1.72. The topological polar surface area (TPSA) is 109 Å². The van der Waals surface area contributed by atoms with Gasteiger partial charge >= 0.3 is 0 Å². The van der Waals surface area contributed by atoms with Crippen LogP contribution in [0, 0.1) is 9.49 Å². The Kier molecular flexibility index (Phi) is 13.3. The van der Waals surface area contributed by atoms with Crippen molar-refractivity contribution in [2.45, 2.75) is 110 Å². The van der Waals surface area contributed by atoms with E-state index in [9.17, 15) is 20.1 Å². The average Bonchev–Trinajstić information content (AvgIpc) is 3.60. The van der Waals surface area contributed by atoms with E-state index in [0.717, 1.165) is 40.4 Å². The van der Waals surface area contributed by atoms with Gasteiger partial charge in [0, 0.05) is 6.42 Å². The van der Waals surface area contributed by atoms with Crippen LogP contribution in [0.5, 0.6) is 11.5 Å². The van der Waals surface area contributed by atoms with E-state index in [4.69, 9.17) is 14.2 Å². The first-order chi connectivity index (χ1) is 17.7. The number of ether oxygens (including phenoxy) is 3. The molecule has 0 amide bonds. The Hall–Kier alpha value is -1.20. The summed E-state index contributed by atoms with van der Waals surface area (Å²) in [4.78, 5) is 11.6. The molecular formula is C29H45IO7. The largest absolute Gasteiger partial charge is 0.493 e. The molecule has 1 saturated heterocycles. The van der Waals surface area contributed by atoms with Gasteiger partial charge in [-0.3, -0.25) is 4.79 Å². The lowest BCUT2D eigenvalue weighted by Gasteiger charge is -2.22. The fourth-order valence-electron chi connectivity index (χ4n) is 4.68. The molecule has 0 aromatic heterocycles. The van der Waals surface area contributed by atoms with Crippen LogP contribution in [0.25, 0.3) is 0 Å². The molecular weight excluding hydrogens is 587 g/mol. The maximum absolute atomic E-state index is 11.6. The molecule has 37 heavy (non-hydrogen) atoms. The predicted octanol–water partition coefficient (Wildman–Crippen LogP) is 5.12. The Balaban J connectivity index is 2.22. The molecule has 2 unspecified atom stereocenters. The molecule has 7 nitrogen and oxygen atoms in total. The highest BCUT2D eigenvalue weighted by Crippen LogP contribution is 2.42. The van der Waals surface area contributed by atoms with E-state index < -0.39 is 17.8 Å². The van der Waals surface area contributed by atoms with Gasteiger partial charge in [-0.1, -0.05) is 47.5 Å². The minimum absolute atomic E-state index is 0.0137. The molecule has 3 N–H and O–H groups in total. The first-order valence-corrected chi connectivity index (χ1v) is 14.7. The standard InChI is InChI=1S/C29H45IO7/c1-6-9-12-35-27-21(14-19(4)5)15-23(30)28(22(27)17-31)36-13-11-20(10-7-2)24(33)16-25(34)29(18-32)26(8-3)37-29/h11,15,18-19,24-26,31,33-34H,6-10,12-14,16-17H2,1-5H3/b20-11+/t24?,25-,26+,29?/m1/s1. The maximum atomic E-state index is 11.6. The van der Waals surface area contributed by atoms with Crippen LogP contribution in [0.3, 0.4) is 0 Å². The fraction of sp³-hybridized carbons (Fsp3) is 0.690. The minimum atomic E-state index is -1.21. The second-order valence-corrected chi connectivity index (χ2v) is 11.4. The number of aliphatic hydroxyl groups is 3. The van der Waals surface area contributed by atoms with E-state index in [1.54, 1.807) is 0 Å². The van der Waals surface area contributed by atoms with Crippen LogP contribution in [0.4, 0.5) is 0 Å². The van der Waals surface area contributed by atoms with Gasteiger partial charge in [0.15, 0.2) is 11.9 Å². The van der Waals surface area contributed by atoms with Gasteiger partial charge in [0.05, 0.1) is 40.7 Å². The third-order valence-corrected chi connectivity index (χ3v) is 7.54. The van der Waals surface area contributed by atoms with E-state index in [1.165, 1.54) is 0 Å². The number of carbonyl (C=O) groups is 1. The summed E-state index contributed by atoms with van der Waals surface area (Å²) in [6.45, 7) is 10.9. The summed E-state index contributed by atoms with van der Waals surface area (Å²) in [5, 5.41) is 31.8. The van der Waals surface area contributed by atoms with Crippen molar-refractivity contribution < 1.29 is 34.3 Å². The highest BCUT2D eigenvalue weighted by atomic mass is 127. The number of carbonyl (C=O) groups excluding carboxylic acids is 1. The summed E-state index contributed by atoms with van der Waals surface area (Å²) in [7, 11) is 0. The third-order valence-electron chi connectivity index (χ3n) is 6.74. The SMILES string of the molecule is CCCCOc1c(CC(C)C)cc(I)c(OC/C=C(\CCC)C(O)C[C@@H](O)C2(C=O)O[C@H]2CC)c1CO. The monoisotopic (exact) mass is 632 g/mol. The molecule has 2 rings (SSSR count). The van der Waals surface area contributed by atoms with E-state index in [0.29, 0.717) is 48.7 Å². The lowest BCUT2D eigenvalue weighted by molar-refractivity contribution is -0.116. The molecule has 0 bridgehead atoms. The molecule has 0 radical (unpaired) electrons. The van der Waals surface area contributed by atoms with Crippen molar-refractivity contribution in [2.75, 3.05) is 13.2 Å². The van der Waals surface area contributed by atoms with E-state index in [1.807, 2.05) is 19.9 Å². The van der Waals surface area contributed by atoms with Crippen molar-refractivity contribution in [3.05, 3.63) is 32.4 Å². The average molecular weight is 633 g/mol. The predicted molar refractivity (Wildman–Crippen MR) is 153 cm³/mol. The van der Waals surface area contributed by atoms with Gasteiger partial charge < -0.3 is 29.5 Å². The van der Waals surface area contributed by atoms with Crippen molar-refractivity contribution in [1.29, 1.82) is 0 Å². The molecule has 0 aliphatic carbocycles. The highest BCUT2D eigenvalue weighted by molar-refractivity contribution is 14.1. The van der Waals surface area contributed by atoms with E-state index >= 15 is 0 Å². The van der Waals surface area contributed by atoms with E-state index in [2.05, 4.69) is 49.4 Å². The number of benzene rings is 1. The Morgan fingerprint density at radius 3 is 2.46 bits per heavy atom. The van der Waals surface area contributed by atoms with Gasteiger partial charge in [-0.15, -0.1) is 0 Å². The van der Waals surface area contributed by atoms with Crippen LogP contribution in [0.2, 0.25) is 0 Å². The summed E-state index contributed by atoms with van der Waals surface area (Å²) in [5.41, 5.74) is 1.24. The lowest BCUT2D eigenvalue weighted by Crippen LogP contribution is -2.37. The van der Waals surface area contributed by atoms with Crippen molar-refractivity contribution in [1.82, 2.24) is 0 Å². The minimum Gasteiger partial charge on any atom is -0.493 e. The fourth-order valence-corrected chi connectivity index (χ4v) is 5.53. The van der Waals surface area contributed by atoms with Gasteiger partial charge in [0.25, 0.3) is 0 Å². The van der Waals surface area contributed by atoms with Gasteiger partial charge in [0.2, 0.25) is 0 Å². The molecule has 1 aromatic rings. The Bertz CT molecular complexity index is 901. The zero-order valence-corrected chi connectivity index (χ0v) is 25.1. The van der Waals surface area contributed by atoms with Crippen molar-refractivity contribution in [3.8, 4) is 11.5 Å². The van der Waals surface area contributed by atoms with Crippen LogP contribution in [-0.4, -0.2) is 58.7 Å². The second-order valence-electron chi connectivity index (χ2n) is 10.2. The van der Waals surface area contributed by atoms with Crippen LogP contribution in [-0.2, 0) is 22.6 Å². The summed E-state index contributed by atoms with van der Waals surface area (Å²) < 4.78 is 18.6. The molecule has 0 saturated carbocycles. The number of hydrogen-bond donors (Lipinski definition) is 3. The van der Waals surface area contributed by atoms with Crippen molar-refractivity contribution in [3.63, 3.8) is 0 Å². The molecule has 1 aliphatic rings. The van der Waals surface area contributed by atoms with Crippen LogP contribution in [0.1, 0.15) is 84.3 Å². The Labute approximate surface area is 235 Å². The molecule has 1 fully saturated rings. The van der Waals surface area contributed by atoms with Crippen molar-refractivity contribution >= 4 is 28.9 Å². The number of unbranched alkanes of at least 4 members (excludes halogenated alkanes) is 1. The maximum Gasteiger partial charge on any atom is 0.175 e. The lowest BCUT2D eigenvalue weighted by atomic mass is 9.90. The zero-order valence-electron chi connectivity index (χ0n) is 23.0. The Morgan fingerprint density at radius 1 is 1.19 bits per heavy atom. The first kappa shape index (κ1) is 32.0. The molecule has 8 heteroatoms. The summed E-state index contributed by atoms with van der Waals surface area (Å²) in [6.07, 6.45) is 5.05. The number of rotatable bonds is 18. The third kappa shape index (κ3) is 8.39. The summed E-state index contributed by atoms with van der Waals surface area (Å²) in [6, 6.07) is 2.07. The van der Waals surface area contributed by atoms with Crippen LogP contribution < -0.4 is 9.47 Å². The molecule has 1 aliphatic heterocycles. The van der Waals surface area contributed by atoms with E-state index in [-0.39, 0.29) is 25.7 Å². The zero-order chi connectivity index (χ0) is 27.6. The molecule has 1 heterocycles. The van der Waals surface area contributed by atoms with Crippen LogP contribution >= 0.6 is 22.6 Å². The molecule has 0 spiro atoms. The van der Waals surface area contributed by atoms with Gasteiger partial charge in [-0.2, -0.15) is 0 Å². The van der Waals surface area contributed by atoms with Gasteiger partial charge in [-0.25, -0.2) is 0 Å². The first-order valence-electron chi connectivity index (χ1n) is 13.6.